The third-order valence-corrected chi connectivity index (χ3v) is 5.97. The first-order valence-electron chi connectivity index (χ1n) is 7.45. The molecule has 0 aliphatic carbocycles. The number of thioether (sulfide) groups is 1. The third kappa shape index (κ3) is 4.18. The summed E-state index contributed by atoms with van der Waals surface area (Å²) < 4.78 is 24.0. The number of nitrogens with zero attached hydrogens (tertiary/aromatic N) is 1. The maximum absolute atomic E-state index is 12.0. The van der Waals surface area contributed by atoms with Gasteiger partial charge in [0, 0.05) is 43.0 Å². The third-order valence-electron chi connectivity index (χ3n) is 3.92. The van der Waals surface area contributed by atoms with E-state index in [9.17, 15) is 13.5 Å². The predicted molar refractivity (Wildman–Crippen MR) is 92.5 cm³/mol. The molecule has 1 saturated heterocycles. The molecule has 1 N–H and O–H groups in total. The number of benzene rings is 1. The van der Waals surface area contributed by atoms with Gasteiger partial charge >= 0.3 is 0 Å². The minimum Gasteiger partial charge on any atom is -0.506 e. The lowest BCUT2D eigenvalue weighted by atomic mass is 9.86. The molecule has 1 aliphatic rings. The number of sulfone groups is 1. The van der Waals surface area contributed by atoms with Crippen LogP contribution in [0, 0.1) is 0 Å². The zero-order valence-electron chi connectivity index (χ0n) is 13.7. The summed E-state index contributed by atoms with van der Waals surface area (Å²) in [5.74, 6) is 2.07. The van der Waals surface area contributed by atoms with Crippen molar-refractivity contribution < 1.29 is 13.5 Å². The van der Waals surface area contributed by atoms with Gasteiger partial charge in [-0.05, 0) is 17.0 Å². The Hall–Kier alpha value is -0.720. The second-order valence-corrected chi connectivity index (χ2v) is 10.1. The van der Waals surface area contributed by atoms with Gasteiger partial charge in [-0.1, -0.05) is 26.8 Å². The van der Waals surface area contributed by atoms with Crippen molar-refractivity contribution in [3.05, 3.63) is 23.3 Å². The van der Waals surface area contributed by atoms with Crippen molar-refractivity contribution in [1.82, 2.24) is 4.90 Å². The molecule has 0 saturated carbocycles. The normalized spacial score (nSPS) is 17.6. The summed E-state index contributed by atoms with van der Waals surface area (Å²) >= 11 is 1.93. The maximum Gasteiger partial charge on any atom is 0.179 e. The lowest BCUT2D eigenvalue weighted by Crippen LogP contribution is -2.32. The number of aromatic hydroxyl groups is 1. The highest BCUT2D eigenvalue weighted by atomic mass is 32.2. The Kier molecular flexibility index (Phi) is 5.14. The van der Waals surface area contributed by atoms with Crippen LogP contribution in [0.5, 0.6) is 5.75 Å². The largest absolute Gasteiger partial charge is 0.506 e. The summed E-state index contributed by atoms with van der Waals surface area (Å²) in [4.78, 5) is 2.31. The number of phenols is 1. The van der Waals surface area contributed by atoms with Gasteiger partial charge in [0.15, 0.2) is 9.84 Å². The van der Waals surface area contributed by atoms with E-state index in [2.05, 4.69) is 4.90 Å². The molecule has 6 heteroatoms. The van der Waals surface area contributed by atoms with Gasteiger partial charge in [0.2, 0.25) is 0 Å². The predicted octanol–water partition coefficient (Wildman–Crippen LogP) is 2.64. The lowest BCUT2D eigenvalue weighted by Gasteiger charge is -2.28. The Labute approximate surface area is 137 Å². The Bertz CT molecular complexity index is 642. The smallest absolute Gasteiger partial charge is 0.179 e. The molecule has 1 aromatic carbocycles. The minimum atomic E-state index is -3.45. The molecule has 0 amide bonds. The van der Waals surface area contributed by atoms with Crippen LogP contribution in [0.2, 0.25) is 0 Å². The second-order valence-electron chi connectivity index (χ2n) is 6.89. The van der Waals surface area contributed by atoms with Gasteiger partial charge in [0.05, 0.1) is 0 Å². The van der Waals surface area contributed by atoms with Crippen molar-refractivity contribution in [2.24, 2.45) is 0 Å². The zero-order chi connectivity index (χ0) is 16.5. The van der Waals surface area contributed by atoms with E-state index in [0.29, 0.717) is 12.1 Å². The molecule has 1 aliphatic heterocycles. The van der Waals surface area contributed by atoms with Crippen molar-refractivity contribution >= 4 is 21.6 Å². The molecular formula is C16H25NO3S2. The fourth-order valence-corrected chi connectivity index (χ4v) is 4.30. The highest BCUT2D eigenvalue weighted by molar-refractivity contribution is 7.99. The summed E-state index contributed by atoms with van der Waals surface area (Å²) in [5.41, 5.74) is 1.48. The Morgan fingerprint density at radius 3 is 2.32 bits per heavy atom. The van der Waals surface area contributed by atoms with Gasteiger partial charge < -0.3 is 5.11 Å². The monoisotopic (exact) mass is 343 g/mol. The van der Waals surface area contributed by atoms with Crippen LogP contribution in [-0.2, 0) is 21.8 Å². The summed E-state index contributed by atoms with van der Waals surface area (Å²) in [6.45, 7) is 8.68. The van der Waals surface area contributed by atoms with Crippen molar-refractivity contribution in [1.29, 1.82) is 0 Å². The summed E-state index contributed by atoms with van der Waals surface area (Å²) in [6, 6.07) is 3.56. The van der Waals surface area contributed by atoms with E-state index in [-0.39, 0.29) is 16.1 Å². The first-order chi connectivity index (χ1) is 10.1. The molecule has 22 heavy (non-hydrogen) atoms. The van der Waals surface area contributed by atoms with Crippen LogP contribution in [0.4, 0.5) is 0 Å². The highest BCUT2D eigenvalue weighted by Gasteiger charge is 2.24. The van der Waals surface area contributed by atoms with E-state index in [1.54, 1.807) is 6.07 Å². The zero-order valence-corrected chi connectivity index (χ0v) is 15.4. The van der Waals surface area contributed by atoms with E-state index < -0.39 is 9.84 Å². The molecule has 124 valence electrons. The van der Waals surface area contributed by atoms with Crippen LogP contribution < -0.4 is 0 Å². The second kappa shape index (κ2) is 6.42. The van der Waals surface area contributed by atoms with Crippen LogP contribution in [0.1, 0.15) is 31.9 Å². The first-order valence-corrected chi connectivity index (χ1v) is 10.5. The van der Waals surface area contributed by atoms with E-state index in [0.717, 1.165) is 36.4 Å². The molecule has 1 aromatic rings. The number of hydrogen-bond acceptors (Lipinski definition) is 5. The fourth-order valence-electron chi connectivity index (χ4n) is 2.50. The molecule has 0 spiro atoms. The van der Waals surface area contributed by atoms with Gasteiger partial charge in [0.25, 0.3) is 0 Å². The van der Waals surface area contributed by atoms with E-state index >= 15 is 0 Å². The Balaban J connectivity index is 2.47. The van der Waals surface area contributed by atoms with Crippen LogP contribution in [0.25, 0.3) is 0 Å². The molecule has 0 atom stereocenters. The molecular weight excluding hydrogens is 318 g/mol. The molecule has 0 radical (unpaired) electrons. The number of rotatable bonds is 3. The average molecular weight is 344 g/mol. The van der Waals surface area contributed by atoms with Gasteiger partial charge in [-0.25, -0.2) is 8.42 Å². The molecule has 0 bridgehead atoms. The van der Waals surface area contributed by atoms with E-state index in [1.807, 2.05) is 38.6 Å². The minimum absolute atomic E-state index is 0.0429. The van der Waals surface area contributed by atoms with Crippen molar-refractivity contribution in [3.8, 4) is 5.75 Å². The molecule has 2 rings (SSSR count). The van der Waals surface area contributed by atoms with E-state index in [4.69, 9.17) is 0 Å². The molecule has 0 unspecified atom stereocenters. The Morgan fingerprint density at radius 2 is 1.82 bits per heavy atom. The van der Waals surface area contributed by atoms with Gasteiger partial charge in [0.1, 0.15) is 10.6 Å². The van der Waals surface area contributed by atoms with E-state index in [1.165, 1.54) is 0 Å². The quantitative estimate of drug-likeness (QED) is 0.914. The molecule has 1 heterocycles. The first kappa shape index (κ1) is 17.6. The van der Waals surface area contributed by atoms with Crippen LogP contribution in [0.3, 0.4) is 0 Å². The molecule has 1 fully saturated rings. The van der Waals surface area contributed by atoms with Crippen LogP contribution in [0.15, 0.2) is 17.0 Å². The molecule has 0 aromatic heterocycles. The van der Waals surface area contributed by atoms with Crippen molar-refractivity contribution in [3.63, 3.8) is 0 Å². The SMILES string of the molecule is CC(C)(C)c1cc(CN2CCSCC2)c(O)c(S(C)(=O)=O)c1. The van der Waals surface area contributed by atoms with Gasteiger partial charge in [-0.15, -0.1) is 0 Å². The van der Waals surface area contributed by atoms with Crippen LogP contribution in [-0.4, -0.2) is 49.3 Å². The number of hydrogen-bond donors (Lipinski definition) is 1. The number of phenolic OH excluding ortho intramolecular Hbond substituents is 1. The van der Waals surface area contributed by atoms with Crippen molar-refractivity contribution in [2.75, 3.05) is 30.9 Å². The summed E-state index contributed by atoms with van der Waals surface area (Å²) in [6.07, 6.45) is 1.15. The summed E-state index contributed by atoms with van der Waals surface area (Å²) in [5, 5.41) is 10.4. The van der Waals surface area contributed by atoms with Crippen molar-refractivity contribution in [2.45, 2.75) is 37.6 Å². The highest BCUT2D eigenvalue weighted by Crippen LogP contribution is 2.34. The van der Waals surface area contributed by atoms with Gasteiger partial charge in [-0.3, -0.25) is 4.90 Å². The standard InChI is InChI=1S/C16H25NO3S2/c1-16(2,3)13-9-12(11-17-5-7-21-8-6-17)15(18)14(10-13)22(4,19)20/h9-10,18H,5-8,11H2,1-4H3. The summed E-state index contributed by atoms with van der Waals surface area (Å²) in [7, 11) is -3.45. The maximum atomic E-state index is 12.0. The van der Waals surface area contributed by atoms with Gasteiger partial charge in [-0.2, -0.15) is 11.8 Å². The topological polar surface area (TPSA) is 57.6 Å². The van der Waals surface area contributed by atoms with Crippen LogP contribution >= 0.6 is 11.8 Å². The Morgan fingerprint density at radius 1 is 1.23 bits per heavy atom. The average Bonchev–Trinajstić information content (AvgIpc) is 2.39. The fraction of sp³-hybridized carbons (Fsp3) is 0.625. The lowest BCUT2D eigenvalue weighted by molar-refractivity contribution is 0.288. The molecule has 4 nitrogen and oxygen atoms in total.